The molecule has 0 unspecified atom stereocenters. The van der Waals surface area contributed by atoms with E-state index in [4.69, 9.17) is 0 Å². The van der Waals surface area contributed by atoms with Crippen molar-refractivity contribution in [3.05, 3.63) is 24.3 Å². The van der Waals surface area contributed by atoms with Crippen LogP contribution >= 0.6 is 11.8 Å². The fraction of sp³-hybridized carbons (Fsp3) is 0.467. The number of ether oxygens (including phenoxy) is 1. The van der Waals surface area contributed by atoms with Gasteiger partial charge in [-0.15, -0.1) is 0 Å². The molecule has 0 fully saturated rings. The third kappa shape index (κ3) is 9.29. The van der Waals surface area contributed by atoms with Crippen molar-refractivity contribution in [2.75, 3.05) is 19.0 Å². The Morgan fingerprint density at radius 2 is 1.96 bits per heavy atom. The standard InChI is InChI=1S/C15H19F3N2O3S/c1-23-13(21)8-3-2-4-9-19-14(22)20-11-6-5-7-12(10-11)24-15(16,17)18/h5-7,10H,2-4,8-9H2,1H3,(H2,19,20,22). The molecular weight excluding hydrogens is 345 g/mol. The zero-order valence-electron chi connectivity index (χ0n) is 13.1. The molecule has 0 spiro atoms. The Hall–Kier alpha value is -1.90. The number of urea groups is 1. The Labute approximate surface area is 142 Å². The fourth-order valence-corrected chi connectivity index (χ4v) is 2.42. The summed E-state index contributed by atoms with van der Waals surface area (Å²) in [7, 11) is 1.33. The molecule has 0 bridgehead atoms. The number of thioether (sulfide) groups is 1. The third-order valence-electron chi connectivity index (χ3n) is 2.90. The maximum absolute atomic E-state index is 12.3. The lowest BCUT2D eigenvalue weighted by Crippen LogP contribution is -2.29. The molecule has 2 amide bonds. The van der Waals surface area contributed by atoms with Gasteiger partial charge in [-0.05, 0) is 42.8 Å². The number of hydrogen-bond donors (Lipinski definition) is 2. The Bertz CT molecular complexity index is 553. The molecule has 0 aliphatic carbocycles. The van der Waals surface area contributed by atoms with E-state index in [2.05, 4.69) is 15.4 Å². The molecule has 2 N–H and O–H groups in total. The normalized spacial score (nSPS) is 11.0. The van der Waals surface area contributed by atoms with Crippen molar-refractivity contribution in [1.82, 2.24) is 5.32 Å². The highest BCUT2D eigenvalue weighted by Crippen LogP contribution is 2.37. The number of alkyl halides is 3. The van der Waals surface area contributed by atoms with Gasteiger partial charge in [0.1, 0.15) is 0 Å². The predicted molar refractivity (Wildman–Crippen MR) is 85.9 cm³/mol. The molecule has 0 saturated carbocycles. The lowest BCUT2D eigenvalue weighted by atomic mass is 10.2. The van der Waals surface area contributed by atoms with E-state index in [0.29, 0.717) is 25.8 Å². The van der Waals surface area contributed by atoms with Crippen LogP contribution in [-0.4, -0.2) is 31.2 Å². The van der Waals surface area contributed by atoms with Gasteiger partial charge in [-0.2, -0.15) is 13.2 Å². The molecule has 5 nitrogen and oxygen atoms in total. The number of halogens is 3. The van der Waals surface area contributed by atoms with Crippen LogP contribution in [0.5, 0.6) is 0 Å². The predicted octanol–water partition coefficient (Wildman–Crippen LogP) is 4.15. The summed E-state index contributed by atoms with van der Waals surface area (Å²) in [6.45, 7) is 0.407. The molecule has 0 saturated heterocycles. The Kier molecular flexibility index (Phi) is 8.45. The van der Waals surface area contributed by atoms with Gasteiger partial charge in [-0.1, -0.05) is 12.5 Å². The van der Waals surface area contributed by atoms with Crippen LogP contribution in [0.2, 0.25) is 0 Å². The summed E-state index contributed by atoms with van der Waals surface area (Å²) in [5.41, 5.74) is -4.09. The molecule has 0 aliphatic rings. The highest BCUT2D eigenvalue weighted by atomic mass is 32.2. The van der Waals surface area contributed by atoms with Crippen LogP contribution in [0.15, 0.2) is 29.2 Å². The van der Waals surface area contributed by atoms with Crippen molar-refractivity contribution in [3.63, 3.8) is 0 Å². The molecule has 0 heterocycles. The highest BCUT2D eigenvalue weighted by Gasteiger charge is 2.29. The van der Waals surface area contributed by atoms with E-state index in [0.717, 1.165) is 6.42 Å². The summed E-state index contributed by atoms with van der Waals surface area (Å²) < 4.78 is 41.4. The number of amides is 2. The third-order valence-corrected chi connectivity index (χ3v) is 3.62. The summed E-state index contributed by atoms with van der Waals surface area (Å²) in [6, 6.07) is 5.04. The van der Waals surface area contributed by atoms with Crippen LogP contribution in [0.1, 0.15) is 25.7 Å². The number of esters is 1. The van der Waals surface area contributed by atoms with Crippen molar-refractivity contribution in [3.8, 4) is 0 Å². The van der Waals surface area contributed by atoms with Gasteiger partial charge in [0.05, 0.1) is 7.11 Å². The summed E-state index contributed by atoms with van der Waals surface area (Å²) in [6.07, 6.45) is 2.46. The maximum Gasteiger partial charge on any atom is 0.446 e. The van der Waals surface area contributed by atoms with E-state index in [-0.39, 0.29) is 28.3 Å². The number of nitrogens with one attached hydrogen (secondary N) is 2. The minimum absolute atomic E-state index is 0.00288. The van der Waals surface area contributed by atoms with E-state index >= 15 is 0 Å². The van der Waals surface area contributed by atoms with Crippen molar-refractivity contribution in [1.29, 1.82) is 0 Å². The Morgan fingerprint density at radius 3 is 2.62 bits per heavy atom. The first-order valence-electron chi connectivity index (χ1n) is 7.27. The number of anilines is 1. The molecule has 24 heavy (non-hydrogen) atoms. The van der Waals surface area contributed by atoms with E-state index in [9.17, 15) is 22.8 Å². The Balaban J connectivity index is 2.28. The molecule has 9 heteroatoms. The number of hydrogen-bond acceptors (Lipinski definition) is 4. The maximum atomic E-state index is 12.3. The van der Waals surface area contributed by atoms with Crippen molar-refractivity contribution < 1.29 is 27.5 Å². The molecule has 1 aromatic carbocycles. The zero-order chi connectivity index (χ0) is 18.0. The van der Waals surface area contributed by atoms with Gasteiger partial charge in [0.25, 0.3) is 0 Å². The average Bonchev–Trinajstić information content (AvgIpc) is 2.49. The minimum atomic E-state index is -4.37. The van der Waals surface area contributed by atoms with Gasteiger partial charge >= 0.3 is 17.5 Å². The summed E-state index contributed by atoms with van der Waals surface area (Å²) in [5.74, 6) is -0.266. The molecule has 0 radical (unpaired) electrons. The summed E-state index contributed by atoms with van der Waals surface area (Å²) >= 11 is -0.236. The topological polar surface area (TPSA) is 67.4 Å². The first-order valence-corrected chi connectivity index (χ1v) is 8.09. The quantitative estimate of drug-likeness (QED) is 0.413. The second-order valence-corrected chi connectivity index (χ2v) is 5.98. The molecular formula is C15H19F3N2O3S. The molecule has 0 aliphatic heterocycles. The van der Waals surface area contributed by atoms with Crippen LogP contribution < -0.4 is 10.6 Å². The van der Waals surface area contributed by atoms with Crippen LogP contribution in [0.3, 0.4) is 0 Å². The smallest absolute Gasteiger partial charge is 0.446 e. The van der Waals surface area contributed by atoms with E-state index in [1.807, 2.05) is 0 Å². The SMILES string of the molecule is COC(=O)CCCCCNC(=O)Nc1cccc(SC(F)(F)F)c1. The summed E-state index contributed by atoms with van der Waals surface area (Å²) in [4.78, 5) is 22.6. The van der Waals surface area contributed by atoms with Crippen molar-refractivity contribution in [2.24, 2.45) is 0 Å². The fourth-order valence-electron chi connectivity index (χ4n) is 1.82. The van der Waals surface area contributed by atoms with Crippen LogP contribution in [0.25, 0.3) is 0 Å². The van der Waals surface area contributed by atoms with Crippen LogP contribution in [0.4, 0.5) is 23.7 Å². The van der Waals surface area contributed by atoms with Gasteiger partial charge < -0.3 is 15.4 Å². The molecule has 134 valence electrons. The van der Waals surface area contributed by atoms with Gasteiger partial charge in [0, 0.05) is 23.5 Å². The van der Waals surface area contributed by atoms with Gasteiger partial charge in [0.15, 0.2) is 0 Å². The largest absolute Gasteiger partial charge is 0.469 e. The average molecular weight is 364 g/mol. The monoisotopic (exact) mass is 364 g/mol. The number of methoxy groups -OCH3 is 1. The number of carbonyl (C=O) groups is 2. The van der Waals surface area contributed by atoms with Crippen molar-refractivity contribution >= 4 is 29.4 Å². The molecule has 1 aromatic rings. The molecule has 0 aromatic heterocycles. The Morgan fingerprint density at radius 1 is 1.21 bits per heavy atom. The van der Waals surface area contributed by atoms with Gasteiger partial charge in [0.2, 0.25) is 0 Å². The van der Waals surface area contributed by atoms with Gasteiger partial charge in [-0.25, -0.2) is 4.79 Å². The lowest BCUT2D eigenvalue weighted by Gasteiger charge is -2.10. The van der Waals surface area contributed by atoms with E-state index in [1.54, 1.807) is 0 Å². The second kappa shape index (κ2) is 10.1. The van der Waals surface area contributed by atoms with Crippen LogP contribution in [-0.2, 0) is 9.53 Å². The van der Waals surface area contributed by atoms with E-state index < -0.39 is 11.5 Å². The number of carbonyl (C=O) groups excluding carboxylic acids is 2. The number of unbranched alkanes of at least 4 members (excludes halogenated alkanes) is 2. The zero-order valence-corrected chi connectivity index (χ0v) is 13.9. The number of benzene rings is 1. The number of rotatable bonds is 8. The second-order valence-electron chi connectivity index (χ2n) is 4.84. The molecule has 1 rings (SSSR count). The summed E-state index contributed by atoms with van der Waals surface area (Å²) in [5, 5.41) is 5.09. The van der Waals surface area contributed by atoms with E-state index in [1.165, 1.54) is 31.4 Å². The highest BCUT2D eigenvalue weighted by molar-refractivity contribution is 8.00. The van der Waals surface area contributed by atoms with Crippen LogP contribution in [0, 0.1) is 0 Å². The minimum Gasteiger partial charge on any atom is -0.469 e. The van der Waals surface area contributed by atoms with Gasteiger partial charge in [-0.3, -0.25) is 4.79 Å². The first kappa shape index (κ1) is 20.1. The molecule has 0 atom stereocenters. The first-order chi connectivity index (χ1) is 11.3. The lowest BCUT2D eigenvalue weighted by molar-refractivity contribution is -0.140. The van der Waals surface area contributed by atoms with Crippen molar-refractivity contribution in [2.45, 2.75) is 36.1 Å².